The first-order chi connectivity index (χ1) is 22.2. The molecule has 5 aromatic rings. The van der Waals surface area contributed by atoms with Crippen molar-refractivity contribution in [3.63, 3.8) is 0 Å². The summed E-state index contributed by atoms with van der Waals surface area (Å²) < 4.78 is 13.1. The SMILES string of the molecule is CCNC(=O)Nc1nc2cc(-c3cccnc3)cc(C(=O)OC)n2n1.CCNC(=O)Nc1nc2cc(Br)cc(C(=O)OCC)n2n1. The highest BCUT2D eigenvalue weighted by Gasteiger charge is 2.18. The van der Waals surface area contributed by atoms with Gasteiger partial charge in [-0.1, -0.05) is 22.0 Å². The summed E-state index contributed by atoms with van der Waals surface area (Å²) in [6.07, 6.45) is 3.34. The van der Waals surface area contributed by atoms with E-state index >= 15 is 0 Å². The summed E-state index contributed by atoms with van der Waals surface area (Å²) in [7, 11) is 1.29. The van der Waals surface area contributed by atoms with Crippen LogP contribution in [-0.4, -0.2) is 85.0 Å². The molecular weight excluding hydrogens is 666 g/mol. The lowest BCUT2D eigenvalue weighted by Gasteiger charge is -2.06. The van der Waals surface area contributed by atoms with E-state index < -0.39 is 24.0 Å². The number of anilines is 2. The van der Waals surface area contributed by atoms with Gasteiger partial charge in [0.05, 0.1) is 13.7 Å². The topological polar surface area (TPSA) is 208 Å². The number of carbonyl (C=O) groups is 4. The maximum atomic E-state index is 12.1. The predicted octanol–water partition coefficient (Wildman–Crippen LogP) is 3.53. The molecule has 0 bridgehead atoms. The molecule has 0 unspecified atom stereocenters. The minimum Gasteiger partial charge on any atom is -0.464 e. The van der Waals surface area contributed by atoms with Crippen LogP contribution in [0.25, 0.3) is 22.4 Å². The summed E-state index contributed by atoms with van der Waals surface area (Å²) in [5, 5.41) is 18.4. The van der Waals surface area contributed by atoms with Gasteiger partial charge in [-0.2, -0.15) is 9.97 Å². The molecule has 0 aromatic carbocycles. The monoisotopic (exact) mass is 695 g/mol. The Morgan fingerprint density at radius 2 is 1.39 bits per heavy atom. The zero-order valence-electron chi connectivity index (χ0n) is 25.2. The lowest BCUT2D eigenvalue weighted by atomic mass is 10.1. The van der Waals surface area contributed by atoms with Gasteiger partial charge in [0, 0.05) is 35.5 Å². The van der Waals surface area contributed by atoms with Crippen molar-refractivity contribution in [1.29, 1.82) is 0 Å². The number of pyridine rings is 3. The van der Waals surface area contributed by atoms with Crippen LogP contribution in [0.5, 0.6) is 0 Å². The normalized spacial score (nSPS) is 10.5. The van der Waals surface area contributed by atoms with E-state index in [2.05, 4.69) is 62.3 Å². The van der Waals surface area contributed by atoms with Crippen LogP contribution in [0.1, 0.15) is 41.7 Å². The summed E-state index contributed by atoms with van der Waals surface area (Å²) in [6.45, 7) is 6.53. The molecule has 0 aliphatic carbocycles. The lowest BCUT2D eigenvalue weighted by Crippen LogP contribution is -2.28. The molecule has 0 radical (unpaired) electrons. The van der Waals surface area contributed by atoms with Crippen molar-refractivity contribution in [2.75, 3.05) is 37.4 Å². The van der Waals surface area contributed by atoms with Crippen molar-refractivity contribution in [2.24, 2.45) is 0 Å². The van der Waals surface area contributed by atoms with Crippen molar-refractivity contribution >= 4 is 63.1 Å². The van der Waals surface area contributed by atoms with Crippen LogP contribution in [0.4, 0.5) is 21.5 Å². The Hall–Kier alpha value is -5.65. The fraction of sp³-hybridized carbons (Fsp3) is 0.250. The van der Waals surface area contributed by atoms with Gasteiger partial charge in [0.25, 0.3) is 11.9 Å². The number of amides is 4. The van der Waals surface area contributed by atoms with Gasteiger partial charge in [0.15, 0.2) is 22.7 Å². The maximum absolute atomic E-state index is 12.1. The van der Waals surface area contributed by atoms with Crippen LogP contribution in [0, 0.1) is 0 Å². The van der Waals surface area contributed by atoms with E-state index in [1.165, 1.54) is 16.1 Å². The molecule has 18 heteroatoms. The maximum Gasteiger partial charge on any atom is 0.357 e. The molecular formula is C28H30BrN11O6. The Morgan fingerprint density at radius 1 is 0.804 bits per heavy atom. The number of hydrogen-bond acceptors (Lipinski definition) is 11. The smallest absolute Gasteiger partial charge is 0.357 e. The van der Waals surface area contributed by atoms with Crippen molar-refractivity contribution in [3.8, 4) is 11.1 Å². The van der Waals surface area contributed by atoms with Crippen LogP contribution < -0.4 is 21.3 Å². The van der Waals surface area contributed by atoms with E-state index in [1.54, 1.807) is 63.5 Å². The Balaban J connectivity index is 0.000000212. The van der Waals surface area contributed by atoms with E-state index in [0.29, 0.717) is 28.9 Å². The number of methoxy groups -OCH3 is 1. The molecule has 0 spiro atoms. The molecule has 0 aliphatic heterocycles. The van der Waals surface area contributed by atoms with Crippen molar-refractivity contribution in [1.82, 2.24) is 44.8 Å². The molecule has 0 fully saturated rings. The number of nitrogens with one attached hydrogen (secondary N) is 4. The number of nitrogens with zero attached hydrogens (tertiary/aromatic N) is 7. The Morgan fingerprint density at radius 3 is 1.91 bits per heavy atom. The van der Waals surface area contributed by atoms with Gasteiger partial charge >= 0.3 is 24.0 Å². The zero-order valence-corrected chi connectivity index (χ0v) is 26.8. The standard InChI is InChI=1S/C16H16N6O3.C12H14BrN5O3/c1-3-18-16(24)20-15-19-13-8-11(10-5-4-6-17-9-10)7-12(14(23)25-2)22(13)21-15;1-3-14-12(20)16-11-15-9-6-7(13)5-8(18(9)17-11)10(19)21-4-2/h4-9H,3H2,1-2H3,(H2,18,20,21,24);5-6H,3-4H2,1-2H3,(H2,14,16,17,20). The third-order valence-electron chi connectivity index (χ3n) is 5.84. The number of esters is 2. The van der Waals surface area contributed by atoms with Crippen molar-refractivity contribution < 1.29 is 28.7 Å². The summed E-state index contributed by atoms with van der Waals surface area (Å²) in [4.78, 5) is 59.6. The van der Waals surface area contributed by atoms with Gasteiger partial charge < -0.3 is 20.1 Å². The Kier molecular flexibility index (Phi) is 11.1. The average Bonchev–Trinajstić information content (AvgIpc) is 3.63. The predicted molar refractivity (Wildman–Crippen MR) is 170 cm³/mol. The van der Waals surface area contributed by atoms with Gasteiger partial charge in [0.1, 0.15) is 0 Å². The molecule has 0 aliphatic rings. The number of rotatable bonds is 8. The Bertz CT molecular complexity index is 1880. The van der Waals surface area contributed by atoms with Crippen LogP contribution in [0.2, 0.25) is 0 Å². The number of hydrogen-bond donors (Lipinski definition) is 4. The molecule has 0 atom stereocenters. The molecule has 5 rings (SSSR count). The molecule has 4 N–H and O–H groups in total. The molecule has 0 saturated carbocycles. The number of carbonyl (C=O) groups excluding carboxylic acids is 4. The fourth-order valence-corrected chi connectivity index (χ4v) is 4.38. The molecule has 240 valence electrons. The zero-order chi connectivity index (χ0) is 33.2. The summed E-state index contributed by atoms with van der Waals surface area (Å²) in [6, 6.07) is 9.47. The third-order valence-corrected chi connectivity index (χ3v) is 6.30. The molecule has 46 heavy (non-hydrogen) atoms. The third kappa shape index (κ3) is 8.08. The highest BCUT2D eigenvalue weighted by molar-refractivity contribution is 9.10. The largest absolute Gasteiger partial charge is 0.464 e. The summed E-state index contributed by atoms with van der Waals surface area (Å²) in [5.74, 6) is -0.896. The molecule has 4 amide bonds. The molecule has 17 nitrogen and oxygen atoms in total. The lowest BCUT2D eigenvalue weighted by molar-refractivity contribution is 0.0515. The van der Waals surface area contributed by atoms with E-state index in [-0.39, 0.29) is 29.9 Å². The number of aromatic nitrogens is 7. The van der Waals surface area contributed by atoms with E-state index in [1.807, 2.05) is 6.07 Å². The molecule has 5 aromatic heterocycles. The van der Waals surface area contributed by atoms with Crippen LogP contribution in [0.15, 0.2) is 53.3 Å². The van der Waals surface area contributed by atoms with Crippen molar-refractivity contribution in [3.05, 3.63) is 64.7 Å². The van der Waals surface area contributed by atoms with Gasteiger partial charge in [-0.15, -0.1) is 10.2 Å². The number of ether oxygens (including phenoxy) is 2. The quantitative estimate of drug-likeness (QED) is 0.173. The second-order valence-electron chi connectivity index (χ2n) is 9.02. The van der Waals surface area contributed by atoms with Crippen LogP contribution in [0.3, 0.4) is 0 Å². The van der Waals surface area contributed by atoms with E-state index in [0.717, 1.165) is 11.1 Å². The van der Waals surface area contributed by atoms with Crippen LogP contribution >= 0.6 is 15.9 Å². The number of halogens is 1. The van der Waals surface area contributed by atoms with E-state index in [4.69, 9.17) is 9.47 Å². The van der Waals surface area contributed by atoms with Crippen molar-refractivity contribution in [2.45, 2.75) is 20.8 Å². The van der Waals surface area contributed by atoms with Gasteiger partial charge in [0.2, 0.25) is 0 Å². The number of urea groups is 2. The first-order valence-corrected chi connectivity index (χ1v) is 14.7. The highest BCUT2D eigenvalue weighted by Crippen LogP contribution is 2.23. The number of fused-ring (bicyclic) bond motifs is 2. The van der Waals surface area contributed by atoms with E-state index in [9.17, 15) is 19.2 Å². The Labute approximate surface area is 270 Å². The first-order valence-electron chi connectivity index (χ1n) is 13.9. The second-order valence-corrected chi connectivity index (χ2v) is 9.94. The average molecular weight is 697 g/mol. The fourth-order valence-electron chi connectivity index (χ4n) is 3.95. The molecule has 0 saturated heterocycles. The molecule has 5 heterocycles. The van der Waals surface area contributed by atoms with Crippen LogP contribution in [-0.2, 0) is 9.47 Å². The minimum absolute atomic E-state index is 0.0828. The summed E-state index contributed by atoms with van der Waals surface area (Å²) in [5.41, 5.74) is 2.77. The van der Waals surface area contributed by atoms with Gasteiger partial charge in [-0.3, -0.25) is 15.6 Å². The highest BCUT2D eigenvalue weighted by atomic mass is 79.9. The van der Waals surface area contributed by atoms with Gasteiger partial charge in [-0.25, -0.2) is 28.2 Å². The summed E-state index contributed by atoms with van der Waals surface area (Å²) >= 11 is 3.30. The first kappa shape index (κ1) is 33.2. The minimum atomic E-state index is -0.565. The second kappa shape index (κ2) is 15.4. The van der Waals surface area contributed by atoms with Gasteiger partial charge in [-0.05, 0) is 56.7 Å².